The highest BCUT2D eigenvalue weighted by Crippen LogP contribution is 2.33. The Balaban J connectivity index is 1.55. The third kappa shape index (κ3) is 4.04. The summed E-state index contributed by atoms with van der Waals surface area (Å²) < 4.78 is 27.7. The van der Waals surface area contributed by atoms with Gasteiger partial charge in [-0.05, 0) is 67.5 Å². The Kier molecular flexibility index (Phi) is 4.97. The number of sulfonamides is 1. The van der Waals surface area contributed by atoms with Gasteiger partial charge in [0.25, 0.3) is 5.91 Å². The van der Waals surface area contributed by atoms with Gasteiger partial charge in [0, 0.05) is 31.0 Å². The fourth-order valence-electron chi connectivity index (χ4n) is 3.54. The molecule has 6 nitrogen and oxygen atoms in total. The molecule has 27 heavy (non-hydrogen) atoms. The fourth-order valence-corrected chi connectivity index (χ4v) is 4.70. The number of amides is 1. The van der Waals surface area contributed by atoms with Crippen molar-refractivity contribution in [1.29, 1.82) is 0 Å². The van der Waals surface area contributed by atoms with Gasteiger partial charge in [0.1, 0.15) is 0 Å². The average Bonchev–Trinajstić information content (AvgIpc) is 3.41. The molecule has 1 aromatic heterocycles. The highest BCUT2D eigenvalue weighted by atomic mass is 32.2. The van der Waals surface area contributed by atoms with E-state index in [0.717, 1.165) is 31.2 Å². The molecular weight excluding hydrogens is 362 g/mol. The van der Waals surface area contributed by atoms with Gasteiger partial charge >= 0.3 is 0 Å². The number of rotatable bonds is 6. The molecule has 1 aromatic carbocycles. The summed E-state index contributed by atoms with van der Waals surface area (Å²) in [5, 5.41) is 0. The van der Waals surface area contributed by atoms with Crippen LogP contribution in [0.3, 0.4) is 0 Å². The lowest BCUT2D eigenvalue weighted by atomic mass is 10.1. The van der Waals surface area contributed by atoms with Crippen LogP contribution in [0, 0.1) is 5.92 Å². The number of benzene rings is 1. The first kappa shape index (κ1) is 18.1. The van der Waals surface area contributed by atoms with Crippen molar-refractivity contribution >= 4 is 15.9 Å². The second-order valence-electron chi connectivity index (χ2n) is 7.26. The van der Waals surface area contributed by atoms with Gasteiger partial charge in [0.05, 0.1) is 10.9 Å². The Labute approximate surface area is 159 Å². The molecule has 1 atom stereocenters. The van der Waals surface area contributed by atoms with Crippen LogP contribution < -0.4 is 4.72 Å². The molecule has 2 fully saturated rings. The predicted octanol–water partition coefficient (Wildman–Crippen LogP) is 2.75. The Morgan fingerprint density at radius 3 is 2.67 bits per heavy atom. The van der Waals surface area contributed by atoms with E-state index in [1.807, 2.05) is 17.0 Å². The van der Waals surface area contributed by atoms with Crippen molar-refractivity contribution in [1.82, 2.24) is 14.6 Å². The largest absolute Gasteiger partial charge is 0.332 e. The van der Waals surface area contributed by atoms with Gasteiger partial charge in [-0.25, -0.2) is 13.1 Å². The standard InChI is InChI=1S/C20H23N3O3S/c24-20(23-12-2-5-19(23)16-8-10-21-11-9-16)17-3-1-4-18(13-17)27(25,26)22-14-15-6-7-15/h1,3-4,8-11,13,15,19,22H,2,5-7,12,14H2. The van der Waals surface area contributed by atoms with Gasteiger partial charge in [0.2, 0.25) is 10.0 Å². The Bertz CT molecular complexity index is 926. The van der Waals surface area contributed by atoms with Crippen LogP contribution in [0.4, 0.5) is 0 Å². The van der Waals surface area contributed by atoms with E-state index in [1.165, 1.54) is 12.1 Å². The summed E-state index contributed by atoms with van der Waals surface area (Å²) in [6.07, 6.45) is 7.44. The van der Waals surface area contributed by atoms with Gasteiger partial charge in [-0.2, -0.15) is 0 Å². The number of nitrogens with zero attached hydrogens (tertiary/aromatic N) is 2. The molecule has 0 bridgehead atoms. The molecule has 1 aliphatic carbocycles. The average molecular weight is 385 g/mol. The number of carbonyl (C=O) groups is 1. The molecular formula is C20H23N3O3S. The molecule has 7 heteroatoms. The van der Waals surface area contributed by atoms with Crippen LogP contribution >= 0.6 is 0 Å². The lowest BCUT2D eigenvalue weighted by Crippen LogP contribution is -2.31. The van der Waals surface area contributed by atoms with E-state index in [1.54, 1.807) is 24.5 Å². The highest BCUT2D eigenvalue weighted by molar-refractivity contribution is 7.89. The fraction of sp³-hybridized carbons (Fsp3) is 0.400. The lowest BCUT2D eigenvalue weighted by molar-refractivity contribution is 0.0735. The molecule has 1 saturated heterocycles. The third-order valence-electron chi connectivity index (χ3n) is 5.25. The zero-order valence-electron chi connectivity index (χ0n) is 15.0. The van der Waals surface area contributed by atoms with Crippen LogP contribution in [0.25, 0.3) is 0 Å². The molecule has 0 radical (unpaired) electrons. The van der Waals surface area contributed by atoms with Crippen LogP contribution in [0.5, 0.6) is 0 Å². The van der Waals surface area contributed by atoms with Crippen LogP contribution in [-0.4, -0.2) is 37.3 Å². The summed E-state index contributed by atoms with van der Waals surface area (Å²) in [6.45, 7) is 1.14. The molecule has 1 unspecified atom stereocenters. The van der Waals surface area contributed by atoms with Crippen LogP contribution in [0.15, 0.2) is 53.7 Å². The molecule has 0 spiro atoms. The number of likely N-dealkylation sites (tertiary alicyclic amines) is 1. The molecule has 4 rings (SSSR count). The maximum atomic E-state index is 13.1. The third-order valence-corrected chi connectivity index (χ3v) is 6.68. The van der Waals surface area contributed by atoms with E-state index in [9.17, 15) is 13.2 Å². The molecule has 2 aromatic rings. The van der Waals surface area contributed by atoms with E-state index >= 15 is 0 Å². The predicted molar refractivity (Wildman–Crippen MR) is 102 cm³/mol. The molecule has 1 amide bonds. The summed E-state index contributed by atoms with van der Waals surface area (Å²) in [4.78, 5) is 19.1. The molecule has 2 heterocycles. The monoisotopic (exact) mass is 385 g/mol. The van der Waals surface area contributed by atoms with Crippen LogP contribution in [-0.2, 0) is 10.0 Å². The molecule has 1 N–H and O–H groups in total. The Hall–Kier alpha value is -2.25. The Morgan fingerprint density at radius 1 is 1.15 bits per heavy atom. The number of hydrogen-bond donors (Lipinski definition) is 1. The first-order chi connectivity index (χ1) is 13.0. The highest BCUT2D eigenvalue weighted by Gasteiger charge is 2.31. The number of hydrogen-bond acceptors (Lipinski definition) is 4. The summed E-state index contributed by atoms with van der Waals surface area (Å²) in [6, 6.07) is 10.2. The van der Waals surface area contributed by atoms with Crippen molar-refractivity contribution < 1.29 is 13.2 Å². The van der Waals surface area contributed by atoms with Gasteiger partial charge in [-0.15, -0.1) is 0 Å². The summed E-state index contributed by atoms with van der Waals surface area (Å²) in [5.41, 5.74) is 1.47. The van der Waals surface area contributed by atoms with Gasteiger partial charge in [-0.3, -0.25) is 9.78 Å². The summed E-state index contributed by atoms with van der Waals surface area (Å²) >= 11 is 0. The second-order valence-corrected chi connectivity index (χ2v) is 9.03. The number of carbonyl (C=O) groups excluding carboxylic acids is 1. The van der Waals surface area contributed by atoms with E-state index < -0.39 is 10.0 Å². The first-order valence-electron chi connectivity index (χ1n) is 9.35. The number of pyridine rings is 1. The Morgan fingerprint density at radius 2 is 1.93 bits per heavy atom. The minimum absolute atomic E-state index is 0.00811. The number of nitrogens with one attached hydrogen (secondary N) is 1. The minimum Gasteiger partial charge on any atom is -0.332 e. The van der Waals surface area contributed by atoms with Crippen molar-refractivity contribution in [3.8, 4) is 0 Å². The van der Waals surface area contributed by atoms with Crippen LogP contribution in [0.1, 0.15) is 47.6 Å². The lowest BCUT2D eigenvalue weighted by Gasteiger charge is -2.25. The summed E-state index contributed by atoms with van der Waals surface area (Å²) in [7, 11) is -3.59. The SMILES string of the molecule is O=C(c1cccc(S(=O)(=O)NCC2CC2)c1)N1CCCC1c1ccncc1. The van der Waals surface area contributed by atoms with Crippen molar-refractivity contribution in [3.63, 3.8) is 0 Å². The van der Waals surface area contributed by atoms with E-state index in [2.05, 4.69) is 9.71 Å². The normalized spacial score (nSPS) is 20.0. The van der Waals surface area contributed by atoms with Gasteiger partial charge < -0.3 is 4.90 Å². The molecule has 142 valence electrons. The van der Waals surface area contributed by atoms with E-state index in [-0.39, 0.29) is 16.8 Å². The van der Waals surface area contributed by atoms with Crippen molar-refractivity contribution in [2.75, 3.05) is 13.1 Å². The quantitative estimate of drug-likeness (QED) is 0.829. The molecule has 1 aliphatic heterocycles. The second kappa shape index (κ2) is 7.40. The van der Waals surface area contributed by atoms with E-state index in [4.69, 9.17) is 0 Å². The van der Waals surface area contributed by atoms with Crippen LogP contribution in [0.2, 0.25) is 0 Å². The van der Waals surface area contributed by atoms with Crippen molar-refractivity contribution in [3.05, 3.63) is 59.9 Å². The maximum Gasteiger partial charge on any atom is 0.254 e. The van der Waals surface area contributed by atoms with Crippen molar-refractivity contribution in [2.45, 2.75) is 36.6 Å². The first-order valence-corrected chi connectivity index (χ1v) is 10.8. The molecule has 2 aliphatic rings. The summed E-state index contributed by atoms with van der Waals surface area (Å²) in [5.74, 6) is 0.323. The molecule has 1 saturated carbocycles. The van der Waals surface area contributed by atoms with Crippen molar-refractivity contribution in [2.24, 2.45) is 5.92 Å². The van der Waals surface area contributed by atoms with Gasteiger partial charge in [-0.1, -0.05) is 6.07 Å². The van der Waals surface area contributed by atoms with E-state index in [0.29, 0.717) is 24.6 Å². The zero-order valence-corrected chi connectivity index (χ0v) is 15.9. The topological polar surface area (TPSA) is 79.4 Å². The van der Waals surface area contributed by atoms with Gasteiger partial charge in [0.15, 0.2) is 0 Å². The number of aromatic nitrogens is 1. The smallest absolute Gasteiger partial charge is 0.254 e. The zero-order chi connectivity index (χ0) is 18.9. The maximum absolute atomic E-state index is 13.1. The minimum atomic E-state index is -3.59.